The highest BCUT2D eigenvalue weighted by Crippen LogP contribution is 2.22. The molecule has 0 aliphatic carbocycles. The number of rotatable bonds is 6. The van der Waals surface area contributed by atoms with E-state index < -0.39 is 17.2 Å². The molecule has 0 aliphatic heterocycles. The number of hydrogen-bond donors (Lipinski definition) is 2. The summed E-state index contributed by atoms with van der Waals surface area (Å²) in [6, 6.07) is 8.88. The average Bonchev–Trinajstić information content (AvgIpc) is 3.01. The van der Waals surface area contributed by atoms with Crippen LogP contribution in [0.15, 0.2) is 35.5 Å². The van der Waals surface area contributed by atoms with Crippen LogP contribution in [0.5, 0.6) is 0 Å². The molecular weight excluding hydrogens is 328 g/mol. The average molecular weight is 348 g/mol. The number of imide groups is 1. The lowest BCUT2D eigenvalue weighted by molar-refractivity contribution is -0.119. The minimum atomic E-state index is -0.525. The highest BCUT2D eigenvalue weighted by molar-refractivity contribution is 8.00. The van der Waals surface area contributed by atoms with Gasteiger partial charge in [-0.25, -0.2) is 4.79 Å². The lowest BCUT2D eigenvalue weighted by Gasteiger charge is -2.12. The Morgan fingerprint density at radius 2 is 1.92 bits per heavy atom. The Morgan fingerprint density at radius 3 is 2.58 bits per heavy atom. The minimum Gasteiger partial charge on any atom is -0.338 e. The van der Waals surface area contributed by atoms with Crippen LogP contribution in [0.2, 0.25) is 0 Å². The summed E-state index contributed by atoms with van der Waals surface area (Å²) in [4.78, 5) is 23.8. The summed E-state index contributed by atoms with van der Waals surface area (Å²) in [7, 11) is 0. The van der Waals surface area contributed by atoms with E-state index in [4.69, 9.17) is 0 Å². The summed E-state index contributed by atoms with van der Waals surface area (Å²) < 4.78 is 1.55. The maximum atomic E-state index is 12.1. The Bertz CT molecular complexity index is 688. The maximum Gasteiger partial charge on any atom is 0.321 e. The van der Waals surface area contributed by atoms with Crippen LogP contribution in [-0.4, -0.2) is 43.9 Å². The van der Waals surface area contributed by atoms with E-state index in [-0.39, 0.29) is 0 Å². The number of para-hydroxylation sites is 1. The molecular formula is C15H20N6O2S. The van der Waals surface area contributed by atoms with E-state index in [9.17, 15) is 9.59 Å². The van der Waals surface area contributed by atoms with Crippen molar-refractivity contribution in [3.63, 3.8) is 0 Å². The smallest absolute Gasteiger partial charge is 0.321 e. The highest BCUT2D eigenvalue weighted by atomic mass is 32.2. The molecule has 1 aromatic heterocycles. The number of tetrazole rings is 1. The van der Waals surface area contributed by atoms with Crippen molar-refractivity contribution < 1.29 is 9.59 Å². The largest absolute Gasteiger partial charge is 0.338 e. The van der Waals surface area contributed by atoms with Gasteiger partial charge in [-0.3, -0.25) is 10.1 Å². The molecule has 128 valence electrons. The Kier molecular flexibility index (Phi) is 6.30. The van der Waals surface area contributed by atoms with Crippen LogP contribution in [0.4, 0.5) is 4.79 Å². The number of hydrogen-bond acceptors (Lipinski definition) is 6. The van der Waals surface area contributed by atoms with Gasteiger partial charge < -0.3 is 5.32 Å². The second kappa shape index (κ2) is 8.44. The predicted molar refractivity (Wildman–Crippen MR) is 90.9 cm³/mol. The van der Waals surface area contributed by atoms with Crippen LogP contribution in [-0.2, 0) is 4.79 Å². The zero-order valence-electron chi connectivity index (χ0n) is 13.8. The van der Waals surface area contributed by atoms with Crippen LogP contribution in [0.1, 0.15) is 20.8 Å². The van der Waals surface area contributed by atoms with Crippen LogP contribution in [0.25, 0.3) is 5.69 Å². The number of nitrogens with one attached hydrogen (secondary N) is 2. The topological polar surface area (TPSA) is 102 Å². The molecule has 0 saturated heterocycles. The first-order chi connectivity index (χ1) is 11.5. The number of carbonyl (C=O) groups excluding carboxylic acids is 2. The molecule has 24 heavy (non-hydrogen) atoms. The number of carbonyl (C=O) groups is 2. The van der Waals surface area contributed by atoms with Gasteiger partial charge in [-0.2, -0.15) is 4.68 Å². The molecule has 0 saturated carbocycles. The van der Waals surface area contributed by atoms with Crippen molar-refractivity contribution in [1.82, 2.24) is 30.8 Å². The molecule has 3 amide bonds. The molecule has 2 aromatic rings. The summed E-state index contributed by atoms with van der Waals surface area (Å²) in [5, 5.41) is 16.4. The first kappa shape index (κ1) is 17.9. The Labute approximate surface area is 144 Å². The van der Waals surface area contributed by atoms with Gasteiger partial charge in [0.2, 0.25) is 11.1 Å². The van der Waals surface area contributed by atoms with E-state index in [0.29, 0.717) is 17.6 Å². The molecule has 0 spiro atoms. The van der Waals surface area contributed by atoms with Gasteiger partial charge in [0.15, 0.2) is 0 Å². The Hall–Kier alpha value is -2.42. The van der Waals surface area contributed by atoms with Crippen molar-refractivity contribution in [2.45, 2.75) is 31.2 Å². The quantitative estimate of drug-likeness (QED) is 0.769. The molecule has 8 nitrogen and oxygen atoms in total. The normalized spacial score (nSPS) is 12.0. The van der Waals surface area contributed by atoms with E-state index in [1.54, 1.807) is 11.6 Å². The van der Waals surface area contributed by atoms with E-state index in [0.717, 1.165) is 5.69 Å². The molecule has 9 heteroatoms. The third kappa shape index (κ3) is 5.05. The van der Waals surface area contributed by atoms with Crippen LogP contribution in [0.3, 0.4) is 0 Å². The second-order valence-corrected chi connectivity index (χ2v) is 6.87. The molecule has 1 atom stereocenters. The number of aromatic nitrogens is 4. The predicted octanol–water partition coefficient (Wildman–Crippen LogP) is 1.62. The Morgan fingerprint density at radius 1 is 1.21 bits per heavy atom. The molecule has 1 unspecified atom stereocenters. The number of benzene rings is 1. The Balaban J connectivity index is 1.95. The summed E-state index contributed by atoms with van der Waals surface area (Å²) >= 11 is 1.18. The van der Waals surface area contributed by atoms with Gasteiger partial charge in [0.1, 0.15) is 0 Å². The van der Waals surface area contributed by atoms with Crippen molar-refractivity contribution in [2.75, 3.05) is 6.54 Å². The van der Waals surface area contributed by atoms with Crippen molar-refractivity contribution in [3.8, 4) is 5.69 Å². The lowest BCUT2D eigenvalue weighted by atomic mass is 10.2. The van der Waals surface area contributed by atoms with Crippen molar-refractivity contribution in [1.29, 1.82) is 0 Å². The fourth-order valence-electron chi connectivity index (χ4n) is 1.75. The van der Waals surface area contributed by atoms with E-state index in [2.05, 4.69) is 26.2 Å². The van der Waals surface area contributed by atoms with E-state index >= 15 is 0 Å². The third-order valence-corrected chi connectivity index (χ3v) is 4.03. The van der Waals surface area contributed by atoms with E-state index in [1.165, 1.54) is 11.8 Å². The maximum absolute atomic E-state index is 12.1. The van der Waals surface area contributed by atoms with Gasteiger partial charge in [0.25, 0.3) is 0 Å². The SMILES string of the molecule is CC(C)CNC(=O)NC(=O)C(C)Sc1nnnn1-c1ccccc1. The molecule has 0 aliphatic rings. The lowest BCUT2D eigenvalue weighted by Crippen LogP contribution is -2.43. The van der Waals surface area contributed by atoms with Gasteiger partial charge in [-0.05, 0) is 35.4 Å². The fraction of sp³-hybridized carbons (Fsp3) is 0.400. The molecule has 2 rings (SSSR count). The molecule has 0 fully saturated rings. The molecule has 2 N–H and O–H groups in total. The standard InChI is InChI=1S/C15H20N6O2S/c1-10(2)9-16-14(23)17-13(22)11(3)24-15-18-19-20-21(15)12-7-5-4-6-8-12/h4-8,10-11H,9H2,1-3H3,(H2,16,17,22,23). The zero-order chi connectivity index (χ0) is 17.5. The minimum absolute atomic E-state index is 0.313. The van der Waals surface area contributed by atoms with Crippen molar-refractivity contribution >= 4 is 23.7 Å². The van der Waals surface area contributed by atoms with Crippen molar-refractivity contribution in [2.24, 2.45) is 5.92 Å². The summed E-state index contributed by atoms with van der Waals surface area (Å²) in [6.45, 7) is 6.15. The second-order valence-electron chi connectivity index (χ2n) is 5.56. The van der Waals surface area contributed by atoms with Crippen LogP contribution < -0.4 is 10.6 Å². The van der Waals surface area contributed by atoms with Crippen LogP contribution in [0, 0.1) is 5.92 Å². The zero-order valence-corrected chi connectivity index (χ0v) is 14.6. The van der Waals surface area contributed by atoms with Gasteiger partial charge in [-0.1, -0.05) is 43.8 Å². The molecule has 0 radical (unpaired) electrons. The number of thioether (sulfide) groups is 1. The fourth-order valence-corrected chi connectivity index (χ4v) is 2.56. The first-order valence-corrected chi connectivity index (χ1v) is 8.44. The van der Waals surface area contributed by atoms with Crippen LogP contribution >= 0.6 is 11.8 Å². The molecule has 0 bridgehead atoms. The third-order valence-electron chi connectivity index (χ3n) is 3.00. The summed E-state index contributed by atoms with van der Waals surface area (Å²) in [5.41, 5.74) is 0.798. The number of urea groups is 1. The highest BCUT2D eigenvalue weighted by Gasteiger charge is 2.20. The van der Waals surface area contributed by atoms with E-state index in [1.807, 2.05) is 44.2 Å². The first-order valence-electron chi connectivity index (χ1n) is 7.56. The summed E-state index contributed by atoms with van der Waals surface area (Å²) in [6.07, 6.45) is 0. The van der Waals surface area contributed by atoms with Gasteiger partial charge in [0, 0.05) is 6.54 Å². The number of nitrogens with zero attached hydrogens (tertiary/aromatic N) is 4. The van der Waals surface area contributed by atoms with Gasteiger partial charge >= 0.3 is 6.03 Å². The van der Waals surface area contributed by atoms with Gasteiger partial charge in [0.05, 0.1) is 10.9 Å². The monoisotopic (exact) mass is 348 g/mol. The number of amides is 3. The molecule has 1 aromatic carbocycles. The summed E-state index contributed by atoms with van der Waals surface area (Å²) in [5.74, 6) is -0.0861. The molecule has 1 heterocycles. The van der Waals surface area contributed by atoms with Gasteiger partial charge in [-0.15, -0.1) is 5.10 Å². The van der Waals surface area contributed by atoms with Crippen molar-refractivity contribution in [3.05, 3.63) is 30.3 Å².